The second kappa shape index (κ2) is 8.97. The number of aromatic nitrogens is 1. The summed E-state index contributed by atoms with van der Waals surface area (Å²) in [4.78, 5) is 40.6. The number of benzene rings is 1. The van der Waals surface area contributed by atoms with Gasteiger partial charge in [-0.05, 0) is 37.0 Å². The highest BCUT2D eigenvalue weighted by molar-refractivity contribution is 7.17. The van der Waals surface area contributed by atoms with Crippen LogP contribution in [0.5, 0.6) is 0 Å². The molecule has 2 aromatic rings. The van der Waals surface area contributed by atoms with Gasteiger partial charge in [0.2, 0.25) is 0 Å². The van der Waals surface area contributed by atoms with Crippen LogP contribution >= 0.6 is 11.3 Å². The average Bonchev–Trinajstić information content (AvgIpc) is 2.99. The number of anilines is 1. The minimum atomic E-state index is -0.509. The van der Waals surface area contributed by atoms with Gasteiger partial charge in [-0.15, -0.1) is 0 Å². The molecule has 1 heterocycles. The van der Waals surface area contributed by atoms with Gasteiger partial charge in [-0.3, -0.25) is 19.7 Å². The third-order valence-electron chi connectivity index (χ3n) is 3.94. The van der Waals surface area contributed by atoms with Crippen molar-refractivity contribution in [3.05, 3.63) is 46.0 Å². The van der Waals surface area contributed by atoms with Crippen LogP contribution in [-0.4, -0.2) is 35.9 Å². The zero-order valence-electron chi connectivity index (χ0n) is 16.7. The standard InChI is InChI=1S/C20H25N3O4S/c1-6-27-15(24)11-21-18(26)16-12(2)22-19(28-16)23-17(25)13-7-9-14(10-8-13)20(3,4)5/h7-10H,6,11H2,1-5H3,(H,21,26)(H,22,23,25). The van der Waals surface area contributed by atoms with Gasteiger partial charge >= 0.3 is 5.97 Å². The Morgan fingerprint density at radius 1 is 1.11 bits per heavy atom. The average molecular weight is 404 g/mol. The van der Waals surface area contributed by atoms with Crippen LogP contribution in [0.2, 0.25) is 0 Å². The number of esters is 1. The molecule has 0 aliphatic carbocycles. The predicted octanol–water partition coefficient (Wildman–Crippen LogP) is 3.29. The van der Waals surface area contributed by atoms with Crippen molar-refractivity contribution in [2.75, 3.05) is 18.5 Å². The van der Waals surface area contributed by atoms with E-state index in [2.05, 4.69) is 36.4 Å². The van der Waals surface area contributed by atoms with E-state index in [0.717, 1.165) is 16.9 Å². The molecule has 7 nitrogen and oxygen atoms in total. The van der Waals surface area contributed by atoms with Crippen LogP contribution in [0.15, 0.2) is 24.3 Å². The molecule has 1 aromatic carbocycles. The Hall–Kier alpha value is -2.74. The molecule has 0 saturated carbocycles. The van der Waals surface area contributed by atoms with Crippen LogP contribution in [0.25, 0.3) is 0 Å². The van der Waals surface area contributed by atoms with Crippen molar-refractivity contribution in [3.63, 3.8) is 0 Å². The van der Waals surface area contributed by atoms with Crippen molar-refractivity contribution in [1.82, 2.24) is 10.3 Å². The molecule has 0 unspecified atom stereocenters. The molecular formula is C20H25N3O4S. The summed E-state index contributed by atoms with van der Waals surface area (Å²) >= 11 is 1.06. The lowest BCUT2D eigenvalue weighted by molar-refractivity contribution is -0.141. The molecule has 8 heteroatoms. The third kappa shape index (κ3) is 5.63. The van der Waals surface area contributed by atoms with Gasteiger partial charge in [0, 0.05) is 5.56 Å². The number of aryl methyl sites for hydroxylation is 1. The number of carbonyl (C=O) groups is 3. The number of amides is 2. The predicted molar refractivity (Wildman–Crippen MR) is 109 cm³/mol. The second-order valence-electron chi connectivity index (χ2n) is 7.20. The summed E-state index contributed by atoms with van der Waals surface area (Å²) in [5.41, 5.74) is 2.13. The molecular weight excluding hydrogens is 378 g/mol. The Bertz CT molecular complexity index is 867. The summed E-state index contributed by atoms with van der Waals surface area (Å²) in [5.74, 6) is -1.24. The Kier molecular flexibility index (Phi) is 6.90. The Labute approximate surface area is 168 Å². The first kappa shape index (κ1) is 21.6. The van der Waals surface area contributed by atoms with Crippen LogP contribution < -0.4 is 10.6 Å². The molecule has 1 aromatic heterocycles. The van der Waals surface area contributed by atoms with E-state index in [1.807, 2.05) is 12.1 Å². The van der Waals surface area contributed by atoms with Crippen LogP contribution in [0.4, 0.5) is 5.13 Å². The largest absolute Gasteiger partial charge is 0.465 e. The van der Waals surface area contributed by atoms with E-state index in [0.29, 0.717) is 21.3 Å². The van der Waals surface area contributed by atoms with Gasteiger partial charge in [0.1, 0.15) is 11.4 Å². The highest BCUT2D eigenvalue weighted by Crippen LogP contribution is 2.24. The van der Waals surface area contributed by atoms with Crippen molar-refractivity contribution in [2.45, 2.75) is 40.0 Å². The van der Waals surface area contributed by atoms with E-state index >= 15 is 0 Å². The Morgan fingerprint density at radius 3 is 2.32 bits per heavy atom. The Balaban J connectivity index is 2.03. The lowest BCUT2D eigenvalue weighted by Crippen LogP contribution is -2.30. The SMILES string of the molecule is CCOC(=O)CNC(=O)c1sc(NC(=O)c2ccc(C(C)(C)C)cc2)nc1C. The van der Waals surface area contributed by atoms with Crippen LogP contribution in [0.1, 0.15) is 59.0 Å². The third-order valence-corrected chi connectivity index (χ3v) is 5.01. The second-order valence-corrected chi connectivity index (χ2v) is 8.20. The fraction of sp³-hybridized carbons (Fsp3) is 0.400. The summed E-state index contributed by atoms with van der Waals surface area (Å²) in [6.45, 7) is 9.72. The summed E-state index contributed by atoms with van der Waals surface area (Å²) in [7, 11) is 0. The fourth-order valence-corrected chi connectivity index (χ4v) is 3.27. The molecule has 0 saturated heterocycles. The zero-order chi connectivity index (χ0) is 20.9. The highest BCUT2D eigenvalue weighted by atomic mass is 32.1. The van der Waals surface area contributed by atoms with Crippen LogP contribution in [-0.2, 0) is 14.9 Å². The maximum absolute atomic E-state index is 12.4. The molecule has 0 aliphatic rings. The Morgan fingerprint density at radius 2 is 1.75 bits per heavy atom. The molecule has 2 amide bonds. The maximum Gasteiger partial charge on any atom is 0.325 e. The monoisotopic (exact) mass is 403 g/mol. The summed E-state index contributed by atoms with van der Waals surface area (Å²) in [6.07, 6.45) is 0. The summed E-state index contributed by atoms with van der Waals surface area (Å²) < 4.78 is 4.77. The van der Waals surface area contributed by atoms with Gasteiger partial charge in [-0.25, -0.2) is 4.98 Å². The van der Waals surface area contributed by atoms with Crippen LogP contribution in [0, 0.1) is 6.92 Å². The molecule has 0 spiro atoms. The molecule has 28 heavy (non-hydrogen) atoms. The first-order valence-electron chi connectivity index (χ1n) is 8.95. The first-order valence-corrected chi connectivity index (χ1v) is 9.76. The maximum atomic E-state index is 12.4. The van der Waals surface area contributed by atoms with Gasteiger partial charge in [0.25, 0.3) is 11.8 Å². The number of rotatable bonds is 6. The van der Waals surface area contributed by atoms with Gasteiger partial charge in [-0.1, -0.05) is 44.2 Å². The van der Waals surface area contributed by atoms with Crippen LogP contribution in [0.3, 0.4) is 0 Å². The summed E-state index contributed by atoms with van der Waals surface area (Å²) in [6, 6.07) is 7.39. The minimum Gasteiger partial charge on any atom is -0.465 e. The highest BCUT2D eigenvalue weighted by Gasteiger charge is 2.19. The number of nitrogens with one attached hydrogen (secondary N) is 2. The van der Waals surface area contributed by atoms with Crippen molar-refractivity contribution >= 4 is 34.3 Å². The number of carbonyl (C=O) groups excluding carboxylic acids is 3. The van der Waals surface area contributed by atoms with Gasteiger partial charge in [0.15, 0.2) is 5.13 Å². The molecule has 0 atom stereocenters. The van der Waals surface area contributed by atoms with E-state index in [4.69, 9.17) is 4.74 Å². The van der Waals surface area contributed by atoms with E-state index in [-0.39, 0.29) is 24.5 Å². The molecule has 0 fully saturated rings. The smallest absolute Gasteiger partial charge is 0.325 e. The first-order chi connectivity index (χ1) is 13.1. The van der Waals surface area contributed by atoms with Crippen molar-refractivity contribution in [2.24, 2.45) is 0 Å². The zero-order valence-corrected chi connectivity index (χ0v) is 17.5. The number of thiazole rings is 1. The molecule has 0 aliphatic heterocycles. The summed E-state index contributed by atoms with van der Waals surface area (Å²) in [5, 5.41) is 5.52. The number of ether oxygens (including phenoxy) is 1. The van der Waals surface area contributed by atoms with E-state index in [1.165, 1.54) is 0 Å². The van der Waals surface area contributed by atoms with Crippen molar-refractivity contribution in [1.29, 1.82) is 0 Å². The molecule has 2 N–H and O–H groups in total. The van der Waals surface area contributed by atoms with E-state index in [1.54, 1.807) is 26.0 Å². The lowest BCUT2D eigenvalue weighted by Gasteiger charge is -2.18. The van der Waals surface area contributed by atoms with Crippen molar-refractivity contribution < 1.29 is 19.1 Å². The molecule has 0 radical (unpaired) electrons. The van der Waals surface area contributed by atoms with Gasteiger partial charge in [-0.2, -0.15) is 0 Å². The number of hydrogen-bond acceptors (Lipinski definition) is 6. The van der Waals surface area contributed by atoms with Gasteiger partial charge < -0.3 is 10.1 Å². The fourth-order valence-electron chi connectivity index (χ4n) is 2.40. The lowest BCUT2D eigenvalue weighted by atomic mass is 9.87. The number of hydrogen-bond donors (Lipinski definition) is 2. The van der Waals surface area contributed by atoms with Gasteiger partial charge in [0.05, 0.1) is 12.3 Å². The number of nitrogens with zero attached hydrogens (tertiary/aromatic N) is 1. The quantitative estimate of drug-likeness (QED) is 0.722. The van der Waals surface area contributed by atoms with E-state index < -0.39 is 11.9 Å². The normalized spacial score (nSPS) is 11.0. The van der Waals surface area contributed by atoms with Crippen molar-refractivity contribution in [3.8, 4) is 0 Å². The molecule has 0 bridgehead atoms. The topological polar surface area (TPSA) is 97.4 Å². The van der Waals surface area contributed by atoms with E-state index in [9.17, 15) is 14.4 Å². The minimum absolute atomic E-state index is 0.00718. The molecule has 150 valence electrons. The molecule has 2 rings (SSSR count).